The second-order valence-corrected chi connectivity index (χ2v) is 6.64. The Bertz CT molecular complexity index is 845. The molecule has 7 nitrogen and oxygen atoms in total. The lowest BCUT2D eigenvalue weighted by atomic mass is 10.2. The molecule has 0 saturated carbocycles. The van der Waals surface area contributed by atoms with Crippen LogP contribution in [0.1, 0.15) is 22.8 Å². The predicted molar refractivity (Wildman–Crippen MR) is 112 cm³/mol. The third kappa shape index (κ3) is 6.40. The normalized spacial score (nSPS) is 11.1. The van der Waals surface area contributed by atoms with Gasteiger partial charge < -0.3 is 15.4 Å². The minimum Gasteiger partial charge on any atom is -0.497 e. The molecule has 0 aromatic heterocycles. The van der Waals surface area contributed by atoms with Crippen LogP contribution >= 0.6 is 23.8 Å². The largest absolute Gasteiger partial charge is 0.497 e. The highest BCUT2D eigenvalue weighted by Gasteiger charge is 2.18. The van der Waals surface area contributed by atoms with Crippen molar-refractivity contribution in [3.05, 3.63) is 64.7 Å². The zero-order valence-corrected chi connectivity index (χ0v) is 17.0. The highest BCUT2D eigenvalue weighted by molar-refractivity contribution is 7.80. The number of rotatable bonds is 6. The summed E-state index contributed by atoms with van der Waals surface area (Å²) in [4.78, 5) is 24.3. The molecule has 2 amide bonds. The van der Waals surface area contributed by atoms with E-state index in [9.17, 15) is 9.59 Å². The van der Waals surface area contributed by atoms with E-state index in [4.69, 9.17) is 28.6 Å². The van der Waals surface area contributed by atoms with Crippen LogP contribution in [0.5, 0.6) is 5.75 Å². The topological polar surface area (TPSA) is 91.5 Å². The van der Waals surface area contributed by atoms with E-state index in [0.29, 0.717) is 17.1 Å². The van der Waals surface area contributed by atoms with E-state index in [1.165, 1.54) is 0 Å². The van der Waals surface area contributed by atoms with E-state index in [0.717, 1.165) is 11.3 Å². The highest BCUT2D eigenvalue weighted by atomic mass is 35.5. The Morgan fingerprint density at radius 2 is 1.79 bits per heavy atom. The first kappa shape index (κ1) is 21.5. The third-order valence-electron chi connectivity index (χ3n) is 3.77. The van der Waals surface area contributed by atoms with Gasteiger partial charge in [0.05, 0.1) is 17.7 Å². The second kappa shape index (κ2) is 10.5. The molecule has 0 spiro atoms. The van der Waals surface area contributed by atoms with E-state index in [2.05, 4.69) is 21.5 Å². The van der Waals surface area contributed by atoms with Crippen LogP contribution in [0.4, 0.5) is 0 Å². The number of amides is 2. The number of hydrogen-bond acceptors (Lipinski definition) is 4. The number of hydrazine groups is 1. The summed E-state index contributed by atoms with van der Waals surface area (Å²) in [5.74, 6) is -0.119. The van der Waals surface area contributed by atoms with Gasteiger partial charge in [-0.05, 0) is 49.0 Å². The van der Waals surface area contributed by atoms with Gasteiger partial charge in [0.25, 0.3) is 11.8 Å². The van der Waals surface area contributed by atoms with Gasteiger partial charge in [-0.1, -0.05) is 35.9 Å². The molecule has 0 bridgehead atoms. The van der Waals surface area contributed by atoms with Crippen molar-refractivity contribution < 1.29 is 14.3 Å². The first-order chi connectivity index (χ1) is 13.4. The van der Waals surface area contributed by atoms with E-state index < -0.39 is 17.9 Å². The Hall–Kier alpha value is -2.84. The van der Waals surface area contributed by atoms with Crippen molar-refractivity contribution in [1.82, 2.24) is 21.5 Å². The van der Waals surface area contributed by atoms with Gasteiger partial charge in [-0.15, -0.1) is 0 Å². The average molecular weight is 421 g/mol. The van der Waals surface area contributed by atoms with Crippen molar-refractivity contribution in [3.8, 4) is 5.75 Å². The van der Waals surface area contributed by atoms with Crippen LogP contribution in [0.25, 0.3) is 0 Å². The molecule has 2 aromatic carbocycles. The highest BCUT2D eigenvalue weighted by Crippen LogP contribution is 2.14. The first-order valence-corrected chi connectivity index (χ1v) is 9.21. The Labute approximate surface area is 173 Å². The molecule has 0 heterocycles. The first-order valence-electron chi connectivity index (χ1n) is 8.42. The molecule has 0 fully saturated rings. The lowest BCUT2D eigenvalue weighted by Gasteiger charge is -2.16. The third-order valence-corrected chi connectivity index (χ3v) is 4.35. The van der Waals surface area contributed by atoms with Crippen molar-refractivity contribution in [1.29, 1.82) is 0 Å². The van der Waals surface area contributed by atoms with Crippen LogP contribution in [0.3, 0.4) is 0 Å². The summed E-state index contributed by atoms with van der Waals surface area (Å²) in [5.41, 5.74) is 6.34. The van der Waals surface area contributed by atoms with Crippen LogP contribution in [0, 0.1) is 0 Å². The number of carbonyl (C=O) groups excluding carboxylic acids is 2. The molecule has 2 rings (SSSR count). The van der Waals surface area contributed by atoms with Gasteiger partial charge in [0.1, 0.15) is 11.8 Å². The Morgan fingerprint density at radius 1 is 1.11 bits per heavy atom. The smallest absolute Gasteiger partial charge is 0.260 e. The molecule has 0 radical (unpaired) electrons. The molecular formula is C19H21ClN4O3S. The SMILES string of the molecule is COc1ccc(CNC(=S)NNC(=O)C(C)NC(=O)c2ccccc2Cl)cc1. The lowest BCUT2D eigenvalue weighted by molar-refractivity contribution is -0.123. The lowest BCUT2D eigenvalue weighted by Crippen LogP contribution is -2.53. The van der Waals surface area contributed by atoms with Crippen molar-refractivity contribution in [3.63, 3.8) is 0 Å². The molecule has 1 unspecified atom stereocenters. The van der Waals surface area contributed by atoms with Crippen LogP contribution in [0.2, 0.25) is 5.02 Å². The predicted octanol–water partition coefficient (Wildman–Crippen LogP) is 2.16. The van der Waals surface area contributed by atoms with Crippen LogP contribution in [0.15, 0.2) is 48.5 Å². The number of benzene rings is 2. The molecular weight excluding hydrogens is 400 g/mol. The minimum atomic E-state index is -0.791. The molecule has 4 N–H and O–H groups in total. The minimum absolute atomic E-state index is 0.244. The molecule has 148 valence electrons. The molecule has 0 aliphatic heterocycles. The summed E-state index contributed by atoms with van der Waals surface area (Å²) in [6.45, 7) is 2.03. The molecule has 0 saturated heterocycles. The van der Waals surface area contributed by atoms with Gasteiger partial charge >= 0.3 is 0 Å². The molecule has 0 aliphatic rings. The maximum Gasteiger partial charge on any atom is 0.260 e. The van der Waals surface area contributed by atoms with Crippen LogP contribution < -0.4 is 26.2 Å². The second-order valence-electron chi connectivity index (χ2n) is 5.82. The van der Waals surface area contributed by atoms with Gasteiger partial charge in [-0.25, -0.2) is 0 Å². The van der Waals surface area contributed by atoms with Gasteiger partial charge in [0.2, 0.25) is 0 Å². The zero-order valence-electron chi connectivity index (χ0n) is 15.4. The summed E-state index contributed by atoms with van der Waals surface area (Å²) in [6.07, 6.45) is 0. The van der Waals surface area contributed by atoms with Crippen molar-refractivity contribution in [2.24, 2.45) is 0 Å². The molecule has 0 aliphatic carbocycles. The van der Waals surface area contributed by atoms with E-state index in [1.807, 2.05) is 24.3 Å². The van der Waals surface area contributed by atoms with Crippen molar-refractivity contribution >= 4 is 40.7 Å². The fourth-order valence-electron chi connectivity index (χ4n) is 2.18. The Morgan fingerprint density at radius 3 is 2.43 bits per heavy atom. The van der Waals surface area contributed by atoms with E-state index in [1.54, 1.807) is 38.3 Å². The Kier molecular flexibility index (Phi) is 8.03. The summed E-state index contributed by atoms with van der Waals surface area (Å²) in [6, 6.07) is 13.3. The average Bonchev–Trinajstić information content (AvgIpc) is 2.70. The Balaban J connectivity index is 1.75. The van der Waals surface area contributed by atoms with Crippen molar-refractivity contribution in [2.45, 2.75) is 19.5 Å². The fourth-order valence-corrected chi connectivity index (χ4v) is 2.53. The quantitative estimate of drug-likeness (QED) is 0.423. The van der Waals surface area contributed by atoms with E-state index in [-0.39, 0.29) is 5.11 Å². The molecule has 28 heavy (non-hydrogen) atoms. The molecule has 2 aromatic rings. The standard InChI is InChI=1S/C19H21ClN4O3S/c1-12(22-18(26)15-5-3-4-6-16(15)20)17(25)23-24-19(28)21-11-13-7-9-14(27-2)10-8-13/h3-10,12H,11H2,1-2H3,(H,22,26)(H,23,25)(H2,21,24,28). The van der Waals surface area contributed by atoms with Crippen molar-refractivity contribution in [2.75, 3.05) is 7.11 Å². The van der Waals surface area contributed by atoms with Crippen LogP contribution in [-0.4, -0.2) is 30.1 Å². The number of nitrogens with one attached hydrogen (secondary N) is 4. The summed E-state index contributed by atoms with van der Waals surface area (Å²) >= 11 is 11.1. The molecule has 9 heteroatoms. The van der Waals surface area contributed by atoms with Gasteiger partial charge in [0, 0.05) is 6.54 Å². The number of methoxy groups -OCH3 is 1. The maximum absolute atomic E-state index is 12.2. The summed E-state index contributed by atoms with van der Waals surface area (Å²) in [7, 11) is 1.60. The number of ether oxygens (including phenoxy) is 1. The monoisotopic (exact) mass is 420 g/mol. The maximum atomic E-state index is 12.2. The fraction of sp³-hybridized carbons (Fsp3) is 0.211. The van der Waals surface area contributed by atoms with Crippen LogP contribution in [-0.2, 0) is 11.3 Å². The summed E-state index contributed by atoms with van der Waals surface area (Å²) in [5, 5.41) is 6.10. The zero-order chi connectivity index (χ0) is 20.5. The number of hydrogen-bond donors (Lipinski definition) is 4. The van der Waals surface area contributed by atoms with Gasteiger partial charge in [0.15, 0.2) is 5.11 Å². The van der Waals surface area contributed by atoms with E-state index >= 15 is 0 Å². The number of carbonyl (C=O) groups is 2. The summed E-state index contributed by atoms with van der Waals surface area (Å²) < 4.78 is 5.10. The van der Waals surface area contributed by atoms with Gasteiger partial charge in [-0.3, -0.25) is 20.4 Å². The number of thiocarbonyl (C=S) groups is 1. The molecule has 1 atom stereocenters. The van der Waals surface area contributed by atoms with Gasteiger partial charge in [-0.2, -0.15) is 0 Å². The number of halogens is 1.